The van der Waals surface area contributed by atoms with Gasteiger partial charge in [0, 0.05) is 78.5 Å². The summed E-state index contributed by atoms with van der Waals surface area (Å²) in [7, 11) is 1.89. The minimum absolute atomic E-state index is 0.114. The molecule has 0 saturated heterocycles. The number of ether oxygens (including phenoxy) is 12. The Hall–Kier alpha value is -9.39. The predicted octanol–water partition coefficient (Wildman–Crippen LogP) is 4.02. The molecule has 768 valence electrons. The fraction of sp³-hybridized carbons (Fsp3) is 0.548. The number of esters is 12. The average molecular weight is 2200 g/mol. The molecule has 0 saturated carbocycles. The van der Waals surface area contributed by atoms with Crippen LogP contribution in [0.2, 0.25) is 0 Å². The van der Waals surface area contributed by atoms with Gasteiger partial charge in [0.2, 0.25) is 0 Å². The predicted molar refractivity (Wildman–Crippen MR) is 472 cm³/mol. The van der Waals surface area contributed by atoms with Gasteiger partial charge in [0.15, 0.2) is 0 Å². The summed E-state index contributed by atoms with van der Waals surface area (Å²) < 4.78 is 112. The summed E-state index contributed by atoms with van der Waals surface area (Å²) in [5.41, 5.74) is 7.28. The standard InChI is InChI=1S/C18H26N2O4.C17H24N2O4.C16H22N2O4.C15H20N2O4.C14H18N2O4.C13H16N2O4.6O.6V/c1-2-3-4-8-20-9-11-23-17(21)13-15-6-5-7-16(19-15)14-18(22)24-12-10-20;1-2-3-7-19-8-10-22-16(20)12-14-5-4-6-15(18-14)13-17(21)23-11-9-19;1-2-6-18-7-9-21-15(19)11-13-4-3-5-14(17-13)12-16(20)22-10-8-18;1-2-17-6-8-20-14(18)10-12-4-3-5-13(16-12)11-15(19)21-9-7-17;1-16-5-7-19-13(17)9-11-3-2-4-12(15-11)10-14(18)20-8-6-16;16-12-8-10-2-1-3-11(15-10)9-13(17)19-7-5-14-4-6-18-12;;;;;;;;;;;;/h5-7H,2-4,8-14H2,1H3;4-6H,2-3,7-13H2,1H3;3-5H,2,6-12H2,1H3;3-5H,2,6-11H2,1H3;2-4H,5-10H2,1H3;1-3,14H,4-9H2;;;;;;;;;;;;. The number of pyridine rings is 6. The third-order valence-corrected chi connectivity index (χ3v) is 19.9. The van der Waals surface area contributed by atoms with E-state index < -0.39 is 0 Å². The number of fused-ring (bicyclic) bond motifs is 12. The number of rotatable bonds is 10. The second-order valence-electron chi connectivity index (χ2n) is 30.6. The Kier molecular flexibility index (Phi) is 78.2. The van der Waals surface area contributed by atoms with E-state index >= 15 is 0 Å². The van der Waals surface area contributed by atoms with Crippen LogP contribution >= 0.6 is 0 Å². The molecule has 42 nitrogen and oxygen atoms in total. The number of unbranched alkanes of at least 4 members (excludes halogenated alkanes) is 3. The first-order chi connectivity index (χ1) is 68.5. The maximum absolute atomic E-state index is 11.9. The Morgan fingerprint density at radius 1 is 0.227 bits per heavy atom. The SMILES string of the molecule is CCCCCN1CCOC(=O)Cc2cccc(n2)CC(=O)OCC1.CCCCN1CCOC(=O)Cc2cccc(n2)CC(=O)OCC1.CCCN1CCOC(=O)Cc2cccc(n2)CC(=O)OCC1.CCN1CCOC(=O)Cc2cccc(n2)CC(=O)OCC1.CN1CCOC(=O)Cc2cccc(n2)CC(=O)OCC1.O=C1Cc2cccc(n2)CC(=O)OCCNCCO1.[O]=[V].[O]=[V].[O]=[V].[O]=[V].[O]=[V].[O]=[V]. The van der Waals surface area contributed by atoms with Gasteiger partial charge in [-0.25, -0.2) is 0 Å². The molecule has 6 aromatic heterocycles. The van der Waals surface area contributed by atoms with E-state index in [4.69, 9.17) is 78.9 Å². The third-order valence-electron chi connectivity index (χ3n) is 19.9. The quantitative estimate of drug-likeness (QED) is 0.115. The van der Waals surface area contributed by atoms with Gasteiger partial charge in [-0.15, -0.1) is 0 Å². The molecule has 0 spiro atoms. The Morgan fingerprint density at radius 2 is 0.397 bits per heavy atom. The molecule has 12 bridgehead atoms. The molecule has 12 heterocycles. The van der Waals surface area contributed by atoms with Crippen LogP contribution in [0.1, 0.15) is 135 Å². The molecule has 6 aliphatic heterocycles. The number of carbonyl (C=O) groups is 12. The molecule has 48 heteroatoms. The van der Waals surface area contributed by atoms with Crippen LogP contribution in [0, 0.1) is 0 Å². The molecule has 0 atom stereocenters. The van der Waals surface area contributed by atoms with Gasteiger partial charge >= 0.3 is 198 Å². The van der Waals surface area contributed by atoms with Crippen molar-refractivity contribution in [1.82, 2.24) is 59.7 Å². The number of likely N-dealkylation sites (N-methyl/N-ethyl adjacent to an activating group) is 2. The van der Waals surface area contributed by atoms with Crippen molar-refractivity contribution in [3.8, 4) is 0 Å². The number of nitrogens with one attached hydrogen (secondary N) is 1. The van der Waals surface area contributed by atoms with Gasteiger partial charge in [-0.2, -0.15) is 0 Å². The van der Waals surface area contributed by atoms with Crippen molar-refractivity contribution in [2.75, 3.05) is 191 Å². The fourth-order valence-corrected chi connectivity index (χ4v) is 13.1. The molecule has 141 heavy (non-hydrogen) atoms. The zero-order chi connectivity index (χ0) is 104. The number of cyclic esters (lactones) is 12. The monoisotopic (exact) mass is 2200 g/mol. The third kappa shape index (κ3) is 64.8. The first kappa shape index (κ1) is 130. The van der Waals surface area contributed by atoms with Crippen molar-refractivity contribution in [2.45, 2.75) is 143 Å². The van der Waals surface area contributed by atoms with E-state index in [-0.39, 0.29) is 149 Å². The van der Waals surface area contributed by atoms with Gasteiger partial charge in [0.05, 0.1) is 145 Å². The van der Waals surface area contributed by atoms with Crippen molar-refractivity contribution < 1.29 is 241 Å². The molecule has 0 fully saturated rings. The van der Waals surface area contributed by atoms with Gasteiger partial charge in [-0.3, -0.25) is 112 Å². The van der Waals surface area contributed by atoms with Gasteiger partial charge in [-0.05, 0) is 125 Å². The van der Waals surface area contributed by atoms with E-state index in [9.17, 15) is 57.5 Å². The van der Waals surface area contributed by atoms with Crippen LogP contribution in [-0.4, -0.2) is 317 Å². The van der Waals surface area contributed by atoms with E-state index in [1.54, 1.807) is 109 Å². The van der Waals surface area contributed by atoms with Gasteiger partial charge in [0.25, 0.3) is 0 Å². The molecule has 0 unspecified atom stereocenters. The summed E-state index contributed by atoms with van der Waals surface area (Å²) in [5.74, 6) is -3.55. The summed E-state index contributed by atoms with van der Waals surface area (Å²) >= 11 is 6.38. The van der Waals surface area contributed by atoms with Crippen molar-refractivity contribution in [2.24, 2.45) is 0 Å². The molecule has 12 rings (SSSR count). The normalized spacial score (nSPS) is 16.8. The summed E-state index contributed by atoms with van der Waals surface area (Å²) in [6.45, 7) is 23.3. The number of carbonyl (C=O) groups excluding carboxylic acids is 12. The molecule has 1 N–H and O–H groups in total. The van der Waals surface area contributed by atoms with Crippen molar-refractivity contribution in [1.29, 1.82) is 0 Å². The van der Waals surface area contributed by atoms with E-state index in [0.29, 0.717) is 226 Å². The van der Waals surface area contributed by atoms with E-state index in [2.05, 4.69) is 75.6 Å². The zero-order valence-corrected chi connectivity index (χ0v) is 88.6. The van der Waals surface area contributed by atoms with Crippen LogP contribution in [0.25, 0.3) is 0 Å². The second-order valence-corrected chi connectivity index (χ2v) is 30.6. The summed E-state index contributed by atoms with van der Waals surface area (Å²) in [6, 6.07) is 31.7. The maximum atomic E-state index is 11.9. The van der Waals surface area contributed by atoms with Crippen LogP contribution in [-0.2, 0) is 318 Å². The molecule has 0 radical (unpaired) electrons. The average Bonchev–Trinajstić information content (AvgIpc) is 0.919. The summed E-state index contributed by atoms with van der Waals surface area (Å²) in [5, 5.41) is 3.02. The minimum atomic E-state index is -0.314. The number of aromatic nitrogens is 6. The zero-order valence-electron chi connectivity index (χ0n) is 80.3. The van der Waals surface area contributed by atoms with Crippen molar-refractivity contribution in [3.63, 3.8) is 0 Å². The van der Waals surface area contributed by atoms with Crippen LogP contribution in [0.4, 0.5) is 0 Å². The first-order valence-electron chi connectivity index (χ1n) is 45.5. The molecular weight excluding hydrogens is 2070 g/mol. The second kappa shape index (κ2) is 85.1. The van der Waals surface area contributed by atoms with Crippen LogP contribution in [0.3, 0.4) is 0 Å². The van der Waals surface area contributed by atoms with Gasteiger partial charge in [0.1, 0.15) is 79.3 Å². The van der Waals surface area contributed by atoms with E-state index in [1.807, 2.05) is 18.9 Å². The fourth-order valence-electron chi connectivity index (χ4n) is 13.1. The Balaban J connectivity index is 0.000000828. The van der Waals surface area contributed by atoms with Gasteiger partial charge in [-0.1, -0.05) is 83.4 Å². The summed E-state index contributed by atoms with van der Waals surface area (Å²) in [4.78, 5) is 177. The van der Waals surface area contributed by atoms with Crippen molar-refractivity contribution in [3.05, 3.63) is 178 Å². The van der Waals surface area contributed by atoms with Gasteiger partial charge < -0.3 is 62.2 Å². The summed E-state index contributed by atoms with van der Waals surface area (Å²) in [6.07, 6.45) is 8.00. The molecule has 6 aliphatic rings. The first-order valence-corrected chi connectivity index (χ1v) is 48.9. The number of hydrogen-bond donors (Lipinski definition) is 1. The molecular formula is C93H126N12O30V6. The topological polar surface area (TPSA) is 524 Å². The van der Waals surface area contributed by atoms with E-state index in [1.165, 1.54) is 0 Å². The molecule has 0 amide bonds. The number of hydrogen-bond acceptors (Lipinski definition) is 42. The van der Waals surface area contributed by atoms with Crippen LogP contribution in [0.15, 0.2) is 109 Å². The number of nitrogens with zero attached hydrogens (tertiary/aromatic N) is 11. The Labute approximate surface area is 877 Å². The Bertz CT molecular complexity index is 4400. The van der Waals surface area contributed by atoms with Crippen LogP contribution < -0.4 is 5.32 Å². The van der Waals surface area contributed by atoms with Crippen molar-refractivity contribution >= 4 is 71.6 Å². The molecule has 6 aromatic rings. The van der Waals surface area contributed by atoms with E-state index in [0.717, 1.165) is 169 Å². The Morgan fingerprint density at radius 3 is 0.582 bits per heavy atom. The van der Waals surface area contributed by atoms with Crippen LogP contribution in [0.5, 0.6) is 0 Å². The molecule has 0 aromatic carbocycles. The molecule has 0 aliphatic carbocycles.